The van der Waals surface area contributed by atoms with Crippen LogP contribution in [0.2, 0.25) is 0 Å². The van der Waals surface area contributed by atoms with E-state index in [-0.39, 0.29) is 0 Å². The molecule has 0 N–H and O–H groups in total. The van der Waals surface area contributed by atoms with E-state index in [0.717, 1.165) is 0 Å². The SMILES string of the molecule is CSc1ccc(/C(C)=C/C=C(C)C)cc1. The summed E-state index contributed by atoms with van der Waals surface area (Å²) in [6, 6.07) is 8.69. The second kappa shape index (κ2) is 5.82. The van der Waals surface area contributed by atoms with Crippen LogP contribution in [0.25, 0.3) is 5.57 Å². The highest BCUT2D eigenvalue weighted by molar-refractivity contribution is 7.98. The van der Waals surface area contributed by atoms with Crippen LogP contribution in [0.3, 0.4) is 0 Å². The van der Waals surface area contributed by atoms with Crippen molar-refractivity contribution in [2.75, 3.05) is 6.26 Å². The Morgan fingerprint density at radius 1 is 1.00 bits per heavy atom. The molecule has 0 fully saturated rings. The van der Waals surface area contributed by atoms with Gasteiger partial charge in [-0.05, 0) is 50.3 Å². The summed E-state index contributed by atoms with van der Waals surface area (Å²) in [6.07, 6.45) is 6.42. The van der Waals surface area contributed by atoms with E-state index < -0.39 is 0 Å². The summed E-state index contributed by atoms with van der Waals surface area (Å²) in [4.78, 5) is 1.31. The Morgan fingerprint density at radius 2 is 1.60 bits per heavy atom. The fourth-order valence-corrected chi connectivity index (χ4v) is 1.65. The van der Waals surface area contributed by atoms with Crippen molar-refractivity contribution >= 4 is 17.3 Å². The molecule has 0 radical (unpaired) electrons. The van der Waals surface area contributed by atoms with Crippen molar-refractivity contribution in [1.82, 2.24) is 0 Å². The van der Waals surface area contributed by atoms with Gasteiger partial charge in [0.15, 0.2) is 0 Å². The van der Waals surface area contributed by atoms with Crippen LogP contribution in [0.15, 0.2) is 46.9 Å². The molecule has 0 bridgehead atoms. The molecule has 80 valence electrons. The predicted octanol–water partition coefficient (Wildman–Crippen LogP) is 4.78. The molecule has 0 saturated heterocycles. The number of rotatable bonds is 3. The van der Waals surface area contributed by atoms with Crippen molar-refractivity contribution < 1.29 is 0 Å². The highest BCUT2D eigenvalue weighted by atomic mass is 32.2. The van der Waals surface area contributed by atoms with E-state index in [4.69, 9.17) is 0 Å². The number of hydrogen-bond donors (Lipinski definition) is 0. The zero-order valence-electron chi connectivity index (χ0n) is 9.87. The van der Waals surface area contributed by atoms with Crippen molar-refractivity contribution in [3.8, 4) is 0 Å². The minimum absolute atomic E-state index is 1.30. The zero-order valence-corrected chi connectivity index (χ0v) is 10.7. The quantitative estimate of drug-likeness (QED) is 0.520. The molecule has 0 amide bonds. The van der Waals surface area contributed by atoms with Gasteiger partial charge in [-0.1, -0.05) is 29.9 Å². The topological polar surface area (TPSA) is 0 Å². The minimum atomic E-state index is 1.30. The molecule has 0 aromatic heterocycles. The van der Waals surface area contributed by atoms with Crippen molar-refractivity contribution in [3.63, 3.8) is 0 Å². The average molecular weight is 218 g/mol. The van der Waals surface area contributed by atoms with Crippen LogP contribution < -0.4 is 0 Å². The third-order valence-electron chi connectivity index (χ3n) is 2.21. The Bertz CT molecular complexity index is 365. The van der Waals surface area contributed by atoms with Crippen molar-refractivity contribution in [2.24, 2.45) is 0 Å². The highest BCUT2D eigenvalue weighted by Crippen LogP contribution is 2.19. The molecule has 1 heteroatoms. The Morgan fingerprint density at radius 3 is 2.07 bits per heavy atom. The molecular formula is C14H18S. The lowest BCUT2D eigenvalue weighted by molar-refractivity contribution is 1.39. The van der Waals surface area contributed by atoms with Crippen LogP contribution in [0.5, 0.6) is 0 Å². The maximum atomic E-state index is 2.18. The maximum absolute atomic E-state index is 2.18. The van der Waals surface area contributed by atoms with Crippen LogP contribution in [-0.4, -0.2) is 6.26 Å². The van der Waals surface area contributed by atoms with Crippen LogP contribution in [0, 0.1) is 0 Å². The molecule has 15 heavy (non-hydrogen) atoms. The van der Waals surface area contributed by atoms with E-state index in [2.05, 4.69) is 63.4 Å². The summed E-state index contributed by atoms with van der Waals surface area (Å²) < 4.78 is 0. The van der Waals surface area contributed by atoms with Gasteiger partial charge >= 0.3 is 0 Å². The molecule has 0 unspecified atom stereocenters. The molecule has 0 heterocycles. The van der Waals surface area contributed by atoms with Gasteiger partial charge in [0.25, 0.3) is 0 Å². The largest absolute Gasteiger partial charge is 0.130 e. The van der Waals surface area contributed by atoms with Crippen molar-refractivity contribution in [3.05, 3.63) is 47.6 Å². The number of benzene rings is 1. The van der Waals surface area contributed by atoms with E-state index >= 15 is 0 Å². The first-order chi connectivity index (χ1) is 7.13. The summed E-state index contributed by atoms with van der Waals surface area (Å²) in [5.74, 6) is 0. The molecule has 0 saturated carbocycles. The lowest BCUT2D eigenvalue weighted by Gasteiger charge is -2.02. The van der Waals surface area contributed by atoms with Crippen LogP contribution in [-0.2, 0) is 0 Å². The van der Waals surface area contributed by atoms with Gasteiger partial charge in [-0.2, -0.15) is 0 Å². The van der Waals surface area contributed by atoms with Gasteiger partial charge in [0.1, 0.15) is 0 Å². The third kappa shape index (κ3) is 3.96. The average Bonchev–Trinajstić information content (AvgIpc) is 2.26. The summed E-state index contributed by atoms with van der Waals surface area (Å²) in [5, 5.41) is 0. The van der Waals surface area contributed by atoms with Gasteiger partial charge in [0.2, 0.25) is 0 Å². The molecule has 0 aliphatic rings. The van der Waals surface area contributed by atoms with Crippen LogP contribution in [0.4, 0.5) is 0 Å². The van der Waals surface area contributed by atoms with Crippen LogP contribution >= 0.6 is 11.8 Å². The third-order valence-corrected chi connectivity index (χ3v) is 2.96. The van der Waals surface area contributed by atoms with Gasteiger partial charge < -0.3 is 0 Å². The van der Waals surface area contributed by atoms with Gasteiger partial charge in [-0.25, -0.2) is 0 Å². The molecule has 0 atom stereocenters. The molecular weight excluding hydrogens is 200 g/mol. The zero-order chi connectivity index (χ0) is 11.3. The summed E-state index contributed by atoms with van der Waals surface area (Å²) in [7, 11) is 0. The van der Waals surface area contributed by atoms with E-state index in [1.54, 1.807) is 11.8 Å². The van der Waals surface area contributed by atoms with Crippen molar-refractivity contribution in [2.45, 2.75) is 25.7 Å². The first-order valence-electron chi connectivity index (χ1n) is 5.09. The Balaban J connectivity index is 2.87. The second-order valence-electron chi connectivity index (χ2n) is 3.82. The number of thioether (sulfide) groups is 1. The van der Waals surface area contributed by atoms with E-state index in [9.17, 15) is 0 Å². The first-order valence-corrected chi connectivity index (χ1v) is 6.32. The Labute approximate surface area is 97.1 Å². The minimum Gasteiger partial charge on any atom is -0.130 e. The molecule has 0 spiro atoms. The molecule has 1 aromatic carbocycles. The first kappa shape index (κ1) is 12.1. The summed E-state index contributed by atoms with van der Waals surface area (Å²) in [5.41, 5.74) is 3.93. The summed E-state index contributed by atoms with van der Waals surface area (Å²) >= 11 is 1.78. The molecule has 0 nitrogen and oxygen atoms in total. The predicted molar refractivity (Wildman–Crippen MR) is 71.3 cm³/mol. The fourth-order valence-electron chi connectivity index (χ4n) is 1.24. The number of hydrogen-bond acceptors (Lipinski definition) is 1. The van der Waals surface area contributed by atoms with Gasteiger partial charge in [-0.3, -0.25) is 0 Å². The standard InChI is InChI=1S/C14H18S/c1-11(2)5-6-12(3)13-7-9-14(15-4)10-8-13/h5-10H,1-4H3/b12-6+. The van der Waals surface area contributed by atoms with E-state index in [0.29, 0.717) is 0 Å². The molecule has 0 aliphatic carbocycles. The molecule has 1 rings (SSSR count). The Hall–Kier alpha value is -0.950. The lowest BCUT2D eigenvalue weighted by Crippen LogP contribution is -1.79. The second-order valence-corrected chi connectivity index (χ2v) is 4.70. The van der Waals surface area contributed by atoms with E-state index in [1.807, 2.05) is 0 Å². The Kier molecular flexibility index (Phi) is 4.70. The number of allylic oxidation sites excluding steroid dienone is 4. The highest BCUT2D eigenvalue weighted by Gasteiger charge is 1.94. The summed E-state index contributed by atoms with van der Waals surface area (Å²) in [6.45, 7) is 6.37. The van der Waals surface area contributed by atoms with E-state index in [1.165, 1.54) is 21.6 Å². The normalized spacial score (nSPS) is 11.3. The fraction of sp³-hybridized carbons (Fsp3) is 0.286. The molecule has 0 aliphatic heterocycles. The van der Waals surface area contributed by atoms with Gasteiger partial charge in [0, 0.05) is 4.90 Å². The van der Waals surface area contributed by atoms with Crippen LogP contribution in [0.1, 0.15) is 26.3 Å². The van der Waals surface area contributed by atoms with Gasteiger partial charge in [-0.15, -0.1) is 11.8 Å². The monoisotopic (exact) mass is 218 g/mol. The van der Waals surface area contributed by atoms with Crippen molar-refractivity contribution in [1.29, 1.82) is 0 Å². The molecule has 1 aromatic rings. The van der Waals surface area contributed by atoms with Gasteiger partial charge in [0.05, 0.1) is 0 Å². The maximum Gasteiger partial charge on any atom is 0.00695 e. The lowest BCUT2D eigenvalue weighted by atomic mass is 10.1. The smallest absolute Gasteiger partial charge is 0.00695 e.